The van der Waals surface area contributed by atoms with Gasteiger partial charge < -0.3 is 10.1 Å². The van der Waals surface area contributed by atoms with Crippen molar-refractivity contribution in [2.45, 2.75) is 71.1 Å². The van der Waals surface area contributed by atoms with E-state index in [9.17, 15) is 0 Å². The Morgan fingerprint density at radius 3 is 2.71 bits per heavy atom. The average Bonchev–Trinajstić information content (AvgIpc) is 2.92. The van der Waals surface area contributed by atoms with Gasteiger partial charge in [0, 0.05) is 13.2 Å². The van der Waals surface area contributed by atoms with Gasteiger partial charge in [0.1, 0.15) is 0 Å². The van der Waals surface area contributed by atoms with E-state index in [4.69, 9.17) is 4.74 Å². The molecule has 0 bridgehead atoms. The normalized spacial score (nSPS) is 27.7. The van der Waals surface area contributed by atoms with Gasteiger partial charge in [-0.25, -0.2) is 4.68 Å². The molecule has 120 valence electrons. The van der Waals surface area contributed by atoms with Crippen LogP contribution in [-0.2, 0) is 11.3 Å². The third-order valence-corrected chi connectivity index (χ3v) is 4.75. The van der Waals surface area contributed by atoms with Gasteiger partial charge in [0.25, 0.3) is 0 Å². The minimum absolute atomic E-state index is 0.122. The van der Waals surface area contributed by atoms with Gasteiger partial charge in [-0.2, -0.15) is 0 Å². The van der Waals surface area contributed by atoms with E-state index in [2.05, 4.69) is 36.4 Å². The molecule has 1 aliphatic rings. The van der Waals surface area contributed by atoms with Crippen molar-refractivity contribution in [3.63, 3.8) is 0 Å². The fourth-order valence-corrected chi connectivity index (χ4v) is 3.61. The second-order valence-electron chi connectivity index (χ2n) is 6.28. The average molecular weight is 294 g/mol. The lowest BCUT2D eigenvalue weighted by atomic mass is 9.74. The SMILES string of the molecule is CCCn1nncc1C(NC)C1(OCC)CCC(C)CC1. The molecule has 1 aliphatic carbocycles. The number of aryl methyl sites for hydroxylation is 1. The predicted octanol–water partition coefficient (Wildman–Crippen LogP) is 2.93. The van der Waals surface area contributed by atoms with Gasteiger partial charge in [-0.05, 0) is 52.0 Å². The summed E-state index contributed by atoms with van der Waals surface area (Å²) in [4.78, 5) is 0. The number of aromatic nitrogens is 3. The predicted molar refractivity (Wildman–Crippen MR) is 84.1 cm³/mol. The molecule has 1 atom stereocenters. The van der Waals surface area contributed by atoms with Crippen LogP contribution in [-0.4, -0.2) is 34.2 Å². The molecule has 0 radical (unpaired) electrons. The van der Waals surface area contributed by atoms with E-state index in [0.717, 1.165) is 44.0 Å². The molecule has 5 heteroatoms. The van der Waals surface area contributed by atoms with Gasteiger partial charge in [-0.3, -0.25) is 0 Å². The third-order valence-electron chi connectivity index (χ3n) is 4.75. The Bertz CT molecular complexity index is 424. The Morgan fingerprint density at radius 2 is 2.14 bits per heavy atom. The Hall–Kier alpha value is -0.940. The molecule has 1 saturated carbocycles. The highest BCUT2D eigenvalue weighted by molar-refractivity contribution is 5.11. The highest BCUT2D eigenvalue weighted by Crippen LogP contribution is 2.43. The summed E-state index contributed by atoms with van der Waals surface area (Å²) in [7, 11) is 2.02. The topological polar surface area (TPSA) is 52.0 Å². The zero-order valence-corrected chi connectivity index (χ0v) is 13.9. The fraction of sp³-hybridized carbons (Fsp3) is 0.875. The van der Waals surface area contributed by atoms with Crippen molar-refractivity contribution >= 4 is 0 Å². The summed E-state index contributed by atoms with van der Waals surface area (Å²) < 4.78 is 8.33. The third kappa shape index (κ3) is 3.46. The van der Waals surface area contributed by atoms with Crippen LogP contribution in [0.15, 0.2) is 6.20 Å². The van der Waals surface area contributed by atoms with Crippen molar-refractivity contribution in [2.24, 2.45) is 5.92 Å². The first-order valence-electron chi connectivity index (χ1n) is 8.36. The molecule has 5 nitrogen and oxygen atoms in total. The maximum absolute atomic E-state index is 6.30. The summed E-state index contributed by atoms with van der Waals surface area (Å²) >= 11 is 0. The molecule has 2 rings (SSSR count). The van der Waals surface area contributed by atoms with Crippen LogP contribution >= 0.6 is 0 Å². The van der Waals surface area contributed by atoms with Gasteiger partial charge in [-0.15, -0.1) is 5.10 Å². The molecule has 1 aromatic heterocycles. The van der Waals surface area contributed by atoms with E-state index in [1.165, 1.54) is 12.8 Å². The van der Waals surface area contributed by atoms with E-state index in [1.54, 1.807) is 0 Å². The van der Waals surface area contributed by atoms with Crippen LogP contribution in [0.2, 0.25) is 0 Å². The van der Waals surface area contributed by atoms with Gasteiger partial charge in [0.2, 0.25) is 0 Å². The highest BCUT2D eigenvalue weighted by atomic mass is 16.5. The standard InChI is InChI=1S/C16H30N4O/c1-5-11-20-14(12-18-19-20)15(17-4)16(21-6-2)9-7-13(3)8-10-16/h12-13,15,17H,5-11H2,1-4H3. The van der Waals surface area contributed by atoms with E-state index in [-0.39, 0.29) is 11.6 Å². The van der Waals surface area contributed by atoms with Crippen LogP contribution in [0.25, 0.3) is 0 Å². The molecule has 1 unspecified atom stereocenters. The smallest absolute Gasteiger partial charge is 0.0892 e. The lowest BCUT2D eigenvalue weighted by Gasteiger charge is -2.44. The highest BCUT2D eigenvalue weighted by Gasteiger charge is 2.43. The minimum atomic E-state index is -0.122. The summed E-state index contributed by atoms with van der Waals surface area (Å²) in [5, 5.41) is 11.9. The first kappa shape index (κ1) is 16.4. The van der Waals surface area contributed by atoms with Crippen molar-refractivity contribution in [3.05, 3.63) is 11.9 Å². The van der Waals surface area contributed by atoms with Gasteiger partial charge >= 0.3 is 0 Å². The van der Waals surface area contributed by atoms with E-state index >= 15 is 0 Å². The summed E-state index contributed by atoms with van der Waals surface area (Å²) in [6, 6.07) is 0.159. The quantitative estimate of drug-likeness (QED) is 0.840. The Kier molecular flexibility index (Phi) is 5.76. The van der Waals surface area contributed by atoms with Crippen molar-refractivity contribution in [1.29, 1.82) is 0 Å². The number of nitrogens with one attached hydrogen (secondary N) is 1. The molecule has 0 aromatic carbocycles. The molecule has 21 heavy (non-hydrogen) atoms. The molecular weight excluding hydrogens is 264 g/mol. The van der Waals surface area contributed by atoms with Crippen LogP contribution in [0.5, 0.6) is 0 Å². The van der Waals surface area contributed by atoms with Gasteiger partial charge in [-0.1, -0.05) is 19.1 Å². The first-order chi connectivity index (χ1) is 10.2. The van der Waals surface area contributed by atoms with Gasteiger partial charge in [0.05, 0.1) is 23.5 Å². The Balaban J connectivity index is 2.29. The van der Waals surface area contributed by atoms with E-state index in [0.29, 0.717) is 0 Å². The number of likely N-dealkylation sites (N-methyl/N-ethyl adjacent to an activating group) is 1. The molecule has 1 aromatic rings. The minimum Gasteiger partial charge on any atom is -0.373 e. The Labute approximate surface area is 128 Å². The monoisotopic (exact) mass is 294 g/mol. The molecule has 1 fully saturated rings. The van der Waals surface area contributed by atoms with Gasteiger partial charge in [0.15, 0.2) is 0 Å². The van der Waals surface area contributed by atoms with Crippen LogP contribution < -0.4 is 5.32 Å². The first-order valence-corrected chi connectivity index (χ1v) is 8.36. The number of rotatable bonds is 7. The second kappa shape index (κ2) is 7.36. The zero-order chi connectivity index (χ0) is 15.3. The van der Waals surface area contributed by atoms with Crippen LogP contribution in [0.1, 0.15) is 64.6 Å². The van der Waals surface area contributed by atoms with Crippen LogP contribution in [0.4, 0.5) is 0 Å². The van der Waals surface area contributed by atoms with Crippen molar-refractivity contribution in [3.8, 4) is 0 Å². The van der Waals surface area contributed by atoms with Crippen molar-refractivity contribution in [2.75, 3.05) is 13.7 Å². The molecule has 1 heterocycles. The Morgan fingerprint density at radius 1 is 1.43 bits per heavy atom. The van der Waals surface area contributed by atoms with Crippen LogP contribution in [0, 0.1) is 5.92 Å². The van der Waals surface area contributed by atoms with Crippen molar-refractivity contribution in [1.82, 2.24) is 20.3 Å². The largest absolute Gasteiger partial charge is 0.373 e. The summed E-state index contributed by atoms with van der Waals surface area (Å²) in [6.45, 7) is 8.26. The lowest BCUT2D eigenvalue weighted by molar-refractivity contribution is -0.0978. The number of nitrogens with zero attached hydrogens (tertiary/aromatic N) is 3. The lowest BCUT2D eigenvalue weighted by Crippen LogP contribution is -2.48. The maximum Gasteiger partial charge on any atom is 0.0892 e. The zero-order valence-electron chi connectivity index (χ0n) is 13.9. The second-order valence-corrected chi connectivity index (χ2v) is 6.28. The number of hydrogen-bond donors (Lipinski definition) is 1. The maximum atomic E-state index is 6.30. The molecule has 0 saturated heterocycles. The fourth-order valence-electron chi connectivity index (χ4n) is 3.61. The number of hydrogen-bond acceptors (Lipinski definition) is 4. The van der Waals surface area contributed by atoms with Crippen LogP contribution in [0.3, 0.4) is 0 Å². The summed E-state index contributed by atoms with van der Waals surface area (Å²) in [6.07, 6.45) is 7.62. The van der Waals surface area contributed by atoms with Crippen molar-refractivity contribution < 1.29 is 4.74 Å². The summed E-state index contributed by atoms with van der Waals surface area (Å²) in [5.74, 6) is 0.801. The molecule has 1 N–H and O–H groups in total. The molecule has 0 aliphatic heterocycles. The molecule has 0 spiro atoms. The van der Waals surface area contributed by atoms with E-state index < -0.39 is 0 Å². The molecule has 0 amide bonds. The molecular formula is C16H30N4O. The number of ether oxygens (including phenoxy) is 1. The summed E-state index contributed by atoms with van der Waals surface area (Å²) in [5.41, 5.74) is 1.03. The van der Waals surface area contributed by atoms with E-state index in [1.807, 2.05) is 17.9 Å².